The minimum absolute atomic E-state index is 0.0296. The van der Waals surface area contributed by atoms with Crippen molar-refractivity contribution in [2.45, 2.75) is 6.92 Å². The molecule has 4 nitrogen and oxygen atoms in total. The third kappa shape index (κ3) is 2.71. The van der Waals surface area contributed by atoms with Crippen LogP contribution in [0.1, 0.15) is 15.9 Å². The fourth-order valence-electron chi connectivity index (χ4n) is 1.78. The van der Waals surface area contributed by atoms with Gasteiger partial charge in [-0.1, -0.05) is 6.07 Å². The number of hydrogen-bond donors (Lipinski definition) is 2. The summed E-state index contributed by atoms with van der Waals surface area (Å²) >= 11 is 0. The third-order valence-corrected chi connectivity index (χ3v) is 3.04. The Hall–Kier alpha value is -2.56. The Labute approximate surface area is 116 Å². The standard InChI is InChI=1S/C15H15FN2O2/c1-9-12(17)4-3-5-13(9)18-15(19)10-6-7-11(16)14(8-10)20-2/h3-8H,17H2,1-2H3,(H,18,19). The number of nitrogen functional groups attached to an aromatic ring is 1. The molecule has 0 atom stereocenters. The quantitative estimate of drug-likeness (QED) is 0.846. The fourth-order valence-corrected chi connectivity index (χ4v) is 1.78. The van der Waals surface area contributed by atoms with Gasteiger partial charge in [0.2, 0.25) is 0 Å². The average molecular weight is 274 g/mol. The van der Waals surface area contributed by atoms with Crippen LogP contribution in [-0.4, -0.2) is 13.0 Å². The van der Waals surface area contributed by atoms with Gasteiger partial charge in [-0.25, -0.2) is 4.39 Å². The highest BCUT2D eigenvalue weighted by atomic mass is 19.1. The maximum atomic E-state index is 13.3. The minimum atomic E-state index is -0.510. The lowest BCUT2D eigenvalue weighted by Gasteiger charge is -2.11. The van der Waals surface area contributed by atoms with Gasteiger partial charge < -0.3 is 15.8 Å². The van der Waals surface area contributed by atoms with Crippen LogP contribution in [0.25, 0.3) is 0 Å². The van der Waals surface area contributed by atoms with Gasteiger partial charge in [0.15, 0.2) is 11.6 Å². The van der Waals surface area contributed by atoms with Crippen molar-refractivity contribution in [3.05, 3.63) is 53.3 Å². The summed E-state index contributed by atoms with van der Waals surface area (Å²) in [7, 11) is 1.35. The molecule has 0 heterocycles. The van der Waals surface area contributed by atoms with Crippen molar-refractivity contribution in [3.8, 4) is 5.75 Å². The van der Waals surface area contributed by atoms with Gasteiger partial charge in [0.25, 0.3) is 5.91 Å². The third-order valence-electron chi connectivity index (χ3n) is 3.04. The summed E-state index contributed by atoms with van der Waals surface area (Å²) in [5.41, 5.74) is 8.10. The van der Waals surface area contributed by atoms with Crippen LogP contribution in [0, 0.1) is 12.7 Å². The van der Waals surface area contributed by atoms with Crippen molar-refractivity contribution >= 4 is 17.3 Å². The Morgan fingerprint density at radius 2 is 2.05 bits per heavy atom. The number of anilines is 2. The first-order chi connectivity index (χ1) is 9.52. The molecule has 104 valence electrons. The first-order valence-electron chi connectivity index (χ1n) is 6.03. The molecule has 2 aromatic rings. The Bertz CT molecular complexity index is 656. The molecule has 0 bridgehead atoms. The van der Waals surface area contributed by atoms with Crippen LogP contribution in [-0.2, 0) is 0 Å². The molecule has 1 amide bonds. The summed E-state index contributed by atoms with van der Waals surface area (Å²) in [6.07, 6.45) is 0. The number of hydrogen-bond acceptors (Lipinski definition) is 3. The zero-order valence-electron chi connectivity index (χ0n) is 11.2. The van der Waals surface area contributed by atoms with Gasteiger partial charge in [-0.05, 0) is 42.8 Å². The number of rotatable bonds is 3. The van der Waals surface area contributed by atoms with E-state index in [1.165, 1.54) is 25.3 Å². The van der Waals surface area contributed by atoms with Gasteiger partial charge in [-0.2, -0.15) is 0 Å². The minimum Gasteiger partial charge on any atom is -0.494 e. The van der Waals surface area contributed by atoms with Crippen LogP contribution in [0.2, 0.25) is 0 Å². The molecule has 0 unspecified atom stereocenters. The number of nitrogens with one attached hydrogen (secondary N) is 1. The van der Waals surface area contributed by atoms with E-state index >= 15 is 0 Å². The van der Waals surface area contributed by atoms with E-state index in [0.717, 1.165) is 5.56 Å². The lowest BCUT2D eigenvalue weighted by atomic mass is 10.1. The van der Waals surface area contributed by atoms with Gasteiger partial charge in [0.1, 0.15) is 0 Å². The molecule has 0 radical (unpaired) electrons. The van der Waals surface area contributed by atoms with E-state index in [1.54, 1.807) is 18.2 Å². The highest BCUT2D eigenvalue weighted by Gasteiger charge is 2.11. The van der Waals surface area contributed by atoms with E-state index in [9.17, 15) is 9.18 Å². The van der Waals surface area contributed by atoms with Crippen LogP contribution in [0.5, 0.6) is 5.75 Å². The number of carbonyl (C=O) groups excluding carboxylic acids is 1. The number of halogens is 1. The molecular weight excluding hydrogens is 259 g/mol. The number of methoxy groups -OCH3 is 1. The summed E-state index contributed by atoms with van der Waals surface area (Å²) in [4.78, 5) is 12.1. The second-order valence-electron chi connectivity index (χ2n) is 4.32. The van der Waals surface area contributed by atoms with Gasteiger partial charge in [0.05, 0.1) is 7.11 Å². The van der Waals surface area contributed by atoms with Crippen molar-refractivity contribution in [1.29, 1.82) is 0 Å². The van der Waals surface area contributed by atoms with Crippen molar-refractivity contribution in [2.24, 2.45) is 0 Å². The van der Waals surface area contributed by atoms with Gasteiger partial charge >= 0.3 is 0 Å². The Balaban J connectivity index is 2.26. The first-order valence-corrected chi connectivity index (χ1v) is 6.03. The second kappa shape index (κ2) is 5.61. The van der Waals surface area contributed by atoms with E-state index < -0.39 is 5.82 Å². The molecule has 0 spiro atoms. The molecule has 2 rings (SSSR count). The summed E-state index contributed by atoms with van der Waals surface area (Å²) in [5, 5.41) is 2.74. The molecule has 0 aliphatic rings. The summed E-state index contributed by atoms with van der Waals surface area (Å²) in [6, 6.07) is 9.21. The van der Waals surface area contributed by atoms with Crippen LogP contribution >= 0.6 is 0 Å². The number of ether oxygens (including phenoxy) is 1. The molecule has 5 heteroatoms. The lowest BCUT2D eigenvalue weighted by Crippen LogP contribution is -2.13. The smallest absolute Gasteiger partial charge is 0.255 e. The largest absolute Gasteiger partial charge is 0.494 e. The van der Waals surface area contributed by atoms with Gasteiger partial charge in [-0.15, -0.1) is 0 Å². The Morgan fingerprint density at radius 1 is 1.30 bits per heavy atom. The van der Waals surface area contributed by atoms with Crippen LogP contribution in [0.3, 0.4) is 0 Å². The summed E-state index contributed by atoms with van der Waals surface area (Å²) in [5.74, 6) is -0.830. The topological polar surface area (TPSA) is 64.3 Å². The normalized spacial score (nSPS) is 10.2. The number of nitrogens with two attached hydrogens (primary N) is 1. The van der Waals surface area contributed by atoms with E-state index in [2.05, 4.69) is 5.32 Å². The van der Waals surface area contributed by atoms with Gasteiger partial charge in [-0.3, -0.25) is 4.79 Å². The molecule has 0 saturated heterocycles. The highest BCUT2D eigenvalue weighted by Crippen LogP contribution is 2.23. The zero-order chi connectivity index (χ0) is 14.7. The molecular formula is C15H15FN2O2. The maximum absolute atomic E-state index is 13.3. The van der Waals surface area contributed by atoms with Crippen LogP contribution in [0.15, 0.2) is 36.4 Å². The second-order valence-corrected chi connectivity index (χ2v) is 4.32. The molecule has 3 N–H and O–H groups in total. The van der Waals surface area contributed by atoms with E-state index in [1.807, 2.05) is 6.92 Å². The molecule has 20 heavy (non-hydrogen) atoms. The lowest BCUT2D eigenvalue weighted by molar-refractivity contribution is 0.102. The van der Waals surface area contributed by atoms with E-state index in [4.69, 9.17) is 10.5 Å². The molecule has 2 aromatic carbocycles. The van der Waals surface area contributed by atoms with Crippen molar-refractivity contribution in [1.82, 2.24) is 0 Å². The van der Waals surface area contributed by atoms with Crippen LogP contribution < -0.4 is 15.8 Å². The monoisotopic (exact) mass is 274 g/mol. The van der Waals surface area contributed by atoms with Gasteiger partial charge in [0, 0.05) is 16.9 Å². The molecule has 0 aromatic heterocycles. The predicted octanol–water partition coefficient (Wildman–Crippen LogP) is 2.98. The molecule has 0 saturated carbocycles. The molecule has 0 aliphatic heterocycles. The zero-order valence-corrected chi connectivity index (χ0v) is 11.2. The average Bonchev–Trinajstić information content (AvgIpc) is 2.44. The Kier molecular flexibility index (Phi) is 3.89. The van der Waals surface area contributed by atoms with Crippen molar-refractivity contribution in [2.75, 3.05) is 18.2 Å². The Morgan fingerprint density at radius 3 is 2.75 bits per heavy atom. The van der Waals surface area contributed by atoms with E-state index in [0.29, 0.717) is 16.9 Å². The highest BCUT2D eigenvalue weighted by molar-refractivity contribution is 6.05. The van der Waals surface area contributed by atoms with Crippen molar-refractivity contribution < 1.29 is 13.9 Å². The summed E-state index contributed by atoms with van der Waals surface area (Å²) in [6.45, 7) is 1.82. The van der Waals surface area contributed by atoms with Crippen molar-refractivity contribution in [3.63, 3.8) is 0 Å². The number of amides is 1. The first kappa shape index (κ1) is 13.9. The summed E-state index contributed by atoms with van der Waals surface area (Å²) < 4.78 is 18.2. The number of benzene rings is 2. The maximum Gasteiger partial charge on any atom is 0.255 e. The molecule has 0 aliphatic carbocycles. The fraction of sp³-hybridized carbons (Fsp3) is 0.133. The predicted molar refractivity (Wildman–Crippen MR) is 76.5 cm³/mol. The van der Waals surface area contributed by atoms with E-state index in [-0.39, 0.29) is 11.7 Å². The van der Waals surface area contributed by atoms with Crippen LogP contribution in [0.4, 0.5) is 15.8 Å². The SMILES string of the molecule is COc1cc(C(=O)Nc2cccc(N)c2C)ccc1F. The molecule has 0 fully saturated rings. The number of carbonyl (C=O) groups is 1.